The number of H-pyrrole nitrogens is 1. The van der Waals surface area contributed by atoms with E-state index in [0.717, 1.165) is 0 Å². The van der Waals surface area contributed by atoms with Crippen LogP contribution in [0.5, 0.6) is 0 Å². The molecule has 0 aliphatic heterocycles. The molecule has 0 fully saturated rings. The van der Waals surface area contributed by atoms with Gasteiger partial charge in [-0.3, -0.25) is 9.89 Å². The van der Waals surface area contributed by atoms with Gasteiger partial charge in [0.25, 0.3) is 0 Å². The van der Waals surface area contributed by atoms with Crippen LogP contribution in [0.15, 0.2) is 11.5 Å². The number of hydrogen-bond donors (Lipinski definition) is 1. The number of thioether (sulfide) groups is 1. The molecule has 6 heteroatoms. The van der Waals surface area contributed by atoms with Crippen LogP contribution in [0.4, 0.5) is 0 Å². The minimum Gasteiger partial charge on any atom is -0.454 e. The second-order valence-corrected chi connectivity index (χ2v) is 4.65. The molecule has 0 aromatic carbocycles. The molecule has 0 saturated heterocycles. The minimum absolute atomic E-state index is 0.218. The number of hydrogen-bond acceptors (Lipinski definition) is 5. The molecule has 0 unspecified atom stereocenters. The van der Waals surface area contributed by atoms with E-state index in [4.69, 9.17) is 4.74 Å². The lowest BCUT2D eigenvalue weighted by atomic mass is 9.98. The third kappa shape index (κ3) is 3.37. The highest BCUT2D eigenvalue weighted by Gasteiger charge is 2.22. The molecule has 5 nitrogen and oxygen atoms in total. The molecule has 0 bridgehead atoms. The highest BCUT2D eigenvalue weighted by molar-refractivity contribution is 7.99. The van der Waals surface area contributed by atoms with Crippen molar-refractivity contribution in [2.75, 3.05) is 5.94 Å². The fraction of sp³-hybridized carbons (Fsp3) is 0.625. The lowest BCUT2D eigenvalue weighted by Crippen LogP contribution is -2.22. The predicted octanol–water partition coefficient (Wildman–Crippen LogP) is 1.44. The highest BCUT2D eigenvalue weighted by Crippen LogP contribution is 2.18. The number of nitrogens with zero attached hydrogens (tertiary/aromatic N) is 2. The van der Waals surface area contributed by atoms with Gasteiger partial charge in [-0.15, -0.1) is 0 Å². The zero-order valence-electron chi connectivity index (χ0n) is 8.40. The fourth-order valence-electron chi connectivity index (χ4n) is 0.619. The fourth-order valence-corrected chi connectivity index (χ4v) is 1.14. The first-order valence-electron chi connectivity index (χ1n) is 4.15. The summed E-state index contributed by atoms with van der Waals surface area (Å²) in [6.07, 6.45) is 1.41. The van der Waals surface area contributed by atoms with Gasteiger partial charge in [-0.25, -0.2) is 4.98 Å². The number of aromatic nitrogens is 3. The standard InChI is InChI=1S/C8H13N3O2S/c1-8(2,3)6(12)13-5-14-7-9-4-10-11-7/h4H,5H2,1-3H3,(H,9,10,11). The lowest BCUT2D eigenvalue weighted by Gasteiger charge is -2.15. The van der Waals surface area contributed by atoms with Crippen molar-refractivity contribution in [1.29, 1.82) is 0 Å². The van der Waals surface area contributed by atoms with Gasteiger partial charge in [0.15, 0.2) is 5.16 Å². The number of nitrogens with one attached hydrogen (secondary N) is 1. The molecule has 0 amide bonds. The second-order valence-electron chi connectivity index (χ2n) is 3.73. The van der Waals surface area contributed by atoms with Gasteiger partial charge >= 0.3 is 5.97 Å². The molecular formula is C8H13N3O2S. The highest BCUT2D eigenvalue weighted by atomic mass is 32.2. The van der Waals surface area contributed by atoms with Gasteiger partial charge in [0.1, 0.15) is 12.3 Å². The summed E-state index contributed by atoms with van der Waals surface area (Å²) in [5.41, 5.74) is -0.456. The average molecular weight is 215 g/mol. The van der Waals surface area contributed by atoms with Gasteiger partial charge in [0.2, 0.25) is 0 Å². The summed E-state index contributed by atoms with van der Waals surface area (Å²) in [5, 5.41) is 6.98. The van der Waals surface area contributed by atoms with Crippen molar-refractivity contribution in [3.63, 3.8) is 0 Å². The molecule has 1 N–H and O–H groups in total. The zero-order valence-corrected chi connectivity index (χ0v) is 9.22. The van der Waals surface area contributed by atoms with E-state index in [2.05, 4.69) is 15.2 Å². The van der Waals surface area contributed by atoms with Gasteiger partial charge in [-0.2, -0.15) is 5.10 Å². The Morgan fingerprint density at radius 2 is 2.36 bits per heavy atom. The van der Waals surface area contributed by atoms with Gasteiger partial charge in [-0.1, -0.05) is 0 Å². The van der Waals surface area contributed by atoms with Crippen molar-refractivity contribution >= 4 is 17.7 Å². The normalized spacial score (nSPS) is 11.4. The summed E-state index contributed by atoms with van der Waals surface area (Å²) in [6, 6.07) is 0. The van der Waals surface area contributed by atoms with E-state index in [1.54, 1.807) is 0 Å². The van der Waals surface area contributed by atoms with Crippen LogP contribution in [0.2, 0.25) is 0 Å². The molecular weight excluding hydrogens is 202 g/mol. The summed E-state index contributed by atoms with van der Waals surface area (Å²) in [4.78, 5) is 15.2. The summed E-state index contributed by atoms with van der Waals surface area (Å²) in [7, 11) is 0. The number of carbonyl (C=O) groups excluding carboxylic acids is 1. The molecule has 1 aromatic rings. The van der Waals surface area contributed by atoms with Crippen LogP contribution in [-0.2, 0) is 9.53 Å². The van der Waals surface area contributed by atoms with Crippen molar-refractivity contribution in [2.45, 2.75) is 25.9 Å². The molecule has 0 aliphatic rings. The van der Waals surface area contributed by atoms with Crippen LogP contribution in [0.3, 0.4) is 0 Å². The third-order valence-electron chi connectivity index (χ3n) is 1.39. The molecule has 1 aromatic heterocycles. The molecule has 0 aliphatic carbocycles. The molecule has 0 atom stereocenters. The second kappa shape index (κ2) is 4.45. The minimum atomic E-state index is -0.456. The number of aromatic amines is 1. The van der Waals surface area contributed by atoms with Crippen LogP contribution in [0.1, 0.15) is 20.8 Å². The number of ether oxygens (including phenoxy) is 1. The van der Waals surface area contributed by atoms with E-state index in [1.165, 1.54) is 18.1 Å². The molecule has 14 heavy (non-hydrogen) atoms. The van der Waals surface area contributed by atoms with Crippen LogP contribution < -0.4 is 0 Å². The maximum Gasteiger partial charge on any atom is 0.312 e. The van der Waals surface area contributed by atoms with E-state index in [1.807, 2.05) is 20.8 Å². The Morgan fingerprint density at radius 1 is 1.64 bits per heavy atom. The topological polar surface area (TPSA) is 67.9 Å². The van der Waals surface area contributed by atoms with Gasteiger partial charge < -0.3 is 4.74 Å². The van der Waals surface area contributed by atoms with Crippen LogP contribution in [0.25, 0.3) is 0 Å². The van der Waals surface area contributed by atoms with E-state index in [-0.39, 0.29) is 11.9 Å². The largest absolute Gasteiger partial charge is 0.454 e. The number of rotatable bonds is 3. The third-order valence-corrected chi connectivity index (χ3v) is 2.10. The van der Waals surface area contributed by atoms with Crippen molar-refractivity contribution in [2.24, 2.45) is 5.41 Å². The molecule has 0 spiro atoms. The molecule has 0 saturated carbocycles. The Bertz CT molecular complexity index is 292. The van der Waals surface area contributed by atoms with Crippen LogP contribution in [-0.4, -0.2) is 27.1 Å². The van der Waals surface area contributed by atoms with E-state index in [9.17, 15) is 4.79 Å². The Balaban J connectivity index is 2.26. The lowest BCUT2D eigenvalue weighted by molar-refractivity contribution is -0.150. The van der Waals surface area contributed by atoms with Crippen molar-refractivity contribution < 1.29 is 9.53 Å². The average Bonchev–Trinajstić information content (AvgIpc) is 2.55. The van der Waals surface area contributed by atoms with Crippen LogP contribution in [0, 0.1) is 5.41 Å². The summed E-state index contributed by atoms with van der Waals surface area (Å²) < 4.78 is 5.02. The van der Waals surface area contributed by atoms with Crippen LogP contribution >= 0.6 is 11.8 Å². The van der Waals surface area contributed by atoms with Gasteiger partial charge in [0, 0.05) is 0 Å². The van der Waals surface area contributed by atoms with Crippen molar-refractivity contribution in [3.8, 4) is 0 Å². The summed E-state index contributed by atoms with van der Waals surface area (Å²) in [5.74, 6) is 0.0372. The summed E-state index contributed by atoms with van der Waals surface area (Å²) in [6.45, 7) is 5.44. The quantitative estimate of drug-likeness (QED) is 0.469. The molecule has 1 rings (SSSR count). The first kappa shape index (κ1) is 11.0. The van der Waals surface area contributed by atoms with Crippen molar-refractivity contribution in [3.05, 3.63) is 6.33 Å². The monoisotopic (exact) mass is 215 g/mol. The summed E-state index contributed by atoms with van der Waals surface area (Å²) >= 11 is 1.30. The van der Waals surface area contributed by atoms with E-state index >= 15 is 0 Å². The molecule has 78 valence electrons. The maximum atomic E-state index is 11.3. The maximum absolute atomic E-state index is 11.3. The SMILES string of the molecule is CC(C)(C)C(=O)OCSc1ncn[nH]1. The number of carbonyl (C=O) groups is 1. The Kier molecular flexibility index (Phi) is 3.51. The Morgan fingerprint density at radius 3 is 2.86 bits per heavy atom. The van der Waals surface area contributed by atoms with E-state index in [0.29, 0.717) is 5.16 Å². The smallest absolute Gasteiger partial charge is 0.312 e. The van der Waals surface area contributed by atoms with E-state index < -0.39 is 5.41 Å². The molecule has 1 heterocycles. The first-order chi connectivity index (χ1) is 6.50. The Hall–Kier alpha value is -1.04. The Labute approximate surface area is 86.6 Å². The first-order valence-corrected chi connectivity index (χ1v) is 5.14. The zero-order chi connectivity index (χ0) is 10.6. The van der Waals surface area contributed by atoms with Gasteiger partial charge in [-0.05, 0) is 32.5 Å². The number of esters is 1. The van der Waals surface area contributed by atoms with Gasteiger partial charge in [0.05, 0.1) is 5.41 Å². The molecule has 0 radical (unpaired) electrons. The predicted molar refractivity (Wildman–Crippen MR) is 52.7 cm³/mol. The van der Waals surface area contributed by atoms with Crippen molar-refractivity contribution in [1.82, 2.24) is 15.2 Å².